The molecule has 2 nitrogen and oxygen atoms in total. The van der Waals surface area contributed by atoms with E-state index in [1.807, 2.05) is 0 Å². The zero-order chi connectivity index (χ0) is 11.5. The quantitative estimate of drug-likeness (QED) is 0.832. The van der Waals surface area contributed by atoms with Crippen LogP contribution in [0.4, 0.5) is 10.1 Å². The first-order valence-corrected chi connectivity index (χ1v) is 6.41. The van der Waals surface area contributed by atoms with Crippen LogP contribution in [0.25, 0.3) is 0 Å². The predicted octanol–water partition coefficient (Wildman–Crippen LogP) is 3.63. The second-order valence-corrected chi connectivity index (χ2v) is 5.20. The number of aliphatic imine (C=N–C) groups is 1. The molecular weight excluding hydrogens is 247 g/mol. The van der Waals surface area contributed by atoms with Crippen molar-refractivity contribution in [2.24, 2.45) is 10.9 Å². The van der Waals surface area contributed by atoms with Gasteiger partial charge in [0, 0.05) is 12.3 Å². The molecule has 0 fully saturated rings. The Balaban J connectivity index is 2.12. The van der Waals surface area contributed by atoms with Gasteiger partial charge in [-0.3, -0.25) is 4.99 Å². The van der Waals surface area contributed by atoms with Gasteiger partial charge in [0.2, 0.25) is 0 Å². The van der Waals surface area contributed by atoms with Crippen LogP contribution in [0.5, 0.6) is 0 Å². The number of hydrogen-bond donors (Lipinski definition) is 1. The van der Waals surface area contributed by atoms with E-state index in [1.54, 1.807) is 23.9 Å². The highest BCUT2D eigenvalue weighted by Crippen LogP contribution is 2.25. The largest absolute Gasteiger partial charge is 0.333 e. The third kappa shape index (κ3) is 2.68. The molecule has 1 aliphatic heterocycles. The Hall–Kier alpha value is -0.740. The van der Waals surface area contributed by atoms with Crippen molar-refractivity contribution in [1.82, 2.24) is 0 Å². The predicted molar refractivity (Wildman–Crippen MR) is 69.0 cm³/mol. The van der Waals surface area contributed by atoms with E-state index in [2.05, 4.69) is 17.2 Å². The molecule has 1 heterocycles. The number of hydrogen-bond acceptors (Lipinski definition) is 3. The standard InChI is InChI=1S/C11H12ClFN2S/c1-7-5-14-11(16-6-7)15-9-4-2-3-8(12)10(9)13/h2-4,7H,5-6H2,1H3,(H,14,15). The molecule has 0 spiro atoms. The molecule has 0 saturated carbocycles. The molecule has 1 N–H and O–H groups in total. The average molecular weight is 259 g/mol. The summed E-state index contributed by atoms with van der Waals surface area (Å²) in [6.45, 7) is 2.94. The van der Waals surface area contributed by atoms with Gasteiger partial charge in [0.15, 0.2) is 11.0 Å². The fourth-order valence-corrected chi connectivity index (χ4v) is 2.42. The summed E-state index contributed by atoms with van der Waals surface area (Å²) in [5, 5.41) is 3.85. The maximum Gasteiger partial charge on any atom is 0.165 e. The second-order valence-electron chi connectivity index (χ2n) is 3.79. The number of rotatable bonds is 1. The van der Waals surface area contributed by atoms with E-state index in [0.717, 1.165) is 17.5 Å². The van der Waals surface area contributed by atoms with Crippen molar-refractivity contribution in [3.05, 3.63) is 29.0 Å². The van der Waals surface area contributed by atoms with Gasteiger partial charge in [0.05, 0.1) is 10.7 Å². The summed E-state index contributed by atoms with van der Waals surface area (Å²) in [6, 6.07) is 4.90. The minimum atomic E-state index is -0.425. The SMILES string of the molecule is CC1CN=C(Nc2cccc(Cl)c2F)SC1. The molecule has 1 aromatic rings. The number of anilines is 1. The molecule has 16 heavy (non-hydrogen) atoms. The highest BCUT2D eigenvalue weighted by molar-refractivity contribution is 8.14. The lowest BCUT2D eigenvalue weighted by Gasteiger charge is -2.18. The monoisotopic (exact) mass is 258 g/mol. The molecule has 0 bridgehead atoms. The van der Waals surface area contributed by atoms with Crippen LogP contribution in [0, 0.1) is 11.7 Å². The van der Waals surface area contributed by atoms with Gasteiger partial charge in [-0.2, -0.15) is 0 Å². The Labute approximate surface area is 103 Å². The number of nitrogens with zero attached hydrogens (tertiary/aromatic N) is 1. The molecule has 0 saturated heterocycles. The maximum absolute atomic E-state index is 13.6. The Morgan fingerprint density at radius 1 is 1.56 bits per heavy atom. The van der Waals surface area contributed by atoms with Crippen LogP contribution in [0.2, 0.25) is 5.02 Å². The van der Waals surface area contributed by atoms with Crippen molar-refractivity contribution in [2.75, 3.05) is 17.6 Å². The molecule has 0 aliphatic carbocycles. The van der Waals surface area contributed by atoms with Gasteiger partial charge in [0.25, 0.3) is 0 Å². The first kappa shape index (κ1) is 11.7. The van der Waals surface area contributed by atoms with Crippen LogP contribution < -0.4 is 5.32 Å². The van der Waals surface area contributed by atoms with Crippen molar-refractivity contribution in [2.45, 2.75) is 6.92 Å². The van der Waals surface area contributed by atoms with E-state index in [0.29, 0.717) is 11.6 Å². The van der Waals surface area contributed by atoms with Crippen LogP contribution >= 0.6 is 23.4 Å². The molecule has 86 valence electrons. The topological polar surface area (TPSA) is 24.4 Å². The van der Waals surface area contributed by atoms with E-state index in [-0.39, 0.29) is 5.02 Å². The summed E-state index contributed by atoms with van der Waals surface area (Å²) in [7, 11) is 0. The highest BCUT2D eigenvalue weighted by atomic mass is 35.5. The number of benzene rings is 1. The fourth-order valence-electron chi connectivity index (χ4n) is 1.35. The molecular formula is C11H12ClFN2S. The van der Waals surface area contributed by atoms with E-state index in [1.165, 1.54) is 6.07 Å². The van der Waals surface area contributed by atoms with E-state index >= 15 is 0 Å². The van der Waals surface area contributed by atoms with E-state index < -0.39 is 5.82 Å². The smallest absolute Gasteiger partial charge is 0.165 e. The third-order valence-electron chi connectivity index (χ3n) is 2.24. The molecule has 2 rings (SSSR count). The molecule has 1 aliphatic rings. The fraction of sp³-hybridized carbons (Fsp3) is 0.364. The normalized spacial score (nSPS) is 20.4. The van der Waals surface area contributed by atoms with Crippen LogP contribution in [-0.4, -0.2) is 17.5 Å². The van der Waals surface area contributed by atoms with E-state index in [9.17, 15) is 4.39 Å². The Kier molecular flexibility index (Phi) is 3.71. The summed E-state index contributed by atoms with van der Waals surface area (Å²) < 4.78 is 13.6. The zero-order valence-electron chi connectivity index (χ0n) is 8.84. The molecule has 0 amide bonds. The average Bonchev–Trinajstić information content (AvgIpc) is 2.28. The highest BCUT2D eigenvalue weighted by Gasteiger charge is 2.14. The number of thioether (sulfide) groups is 1. The number of halogens is 2. The lowest BCUT2D eigenvalue weighted by Crippen LogP contribution is -2.19. The van der Waals surface area contributed by atoms with Gasteiger partial charge in [-0.15, -0.1) is 0 Å². The van der Waals surface area contributed by atoms with Gasteiger partial charge in [-0.1, -0.05) is 36.4 Å². The van der Waals surface area contributed by atoms with Gasteiger partial charge in [-0.05, 0) is 18.1 Å². The van der Waals surface area contributed by atoms with Crippen LogP contribution in [0.15, 0.2) is 23.2 Å². The number of nitrogens with one attached hydrogen (secondary N) is 1. The summed E-state index contributed by atoms with van der Waals surface area (Å²) in [6.07, 6.45) is 0. The number of amidine groups is 1. The Morgan fingerprint density at radius 2 is 2.38 bits per heavy atom. The summed E-state index contributed by atoms with van der Waals surface area (Å²) in [5.41, 5.74) is 0.383. The van der Waals surface area contributed by atoms with Crippen LogP contribution in [0.3, 0.4) is 0 Å². The van der Waals surface area contributed by atoms with Gasteiger partial charge >= 0.3 is 0 Å². The minimum absolute atomic E-state index is 0.125. The van der Waals surface area contributed by atoms with Crippen LogP contribution in [0.1, 0.15) is 6.92 Å². The molecule has 5 heteroatoms. The van der Waals surface area contributed by atoms with Crippen LogP contribution in [-0.2, 0) is 0 Å². The molecule has 1 aromatic carbocycles. The van der Waals surface area contributed by atoms with Crippen molar-refractivity contribution >= 4 is 34.2 Å². The Bertz CT molecular complexity index is 422. The van der Waals surface area contributed by atoms with Crippen molar-refractivity contribution < 1.29 is 4.39 Å². The third-order valence-corrected chi connectivity index (χ3v) is 3.78. The lowest BCUT2D eigenvalue weighted by atomic mass is 10.2. The lowest BCUT2D eigenvalue weighted by molar-refractivity contribution is 0.632. The molecule has 0 radical (unpaired) electrons. The first-order valence-electron chi connectivity index (χ1n) is 5.05. The molecule has 0 aromatic heterocycles. The summed E-state index contributed by atoms with van der Waals surface area (Å²) in [5.74, 6) is 1.17. The van der Waals surface area contributed by atoms with Crippen molar-refractivity contribution in [3.8, 4) is 0 Å². The van der Waals surface area contributed by atoms with E-state index in [4.69, 9.17) is 11.6 Å². The summed E-state index contributed by atoms with van der Waals surface area (Å²) >= 11 is 7.30. The first-order chi connectivity index (χ1) is 7.66. The zero-order valence-corrected chi connectivity index (χ0v) is 10.4. The van der Waals surface area contributed by atoms with Gasteiger partial charge < -0.3 is 5.32 Å². The second kappa shape index (κ2) is 5.06. The summed E-state index contributed by atoms with van der Waals surface area (Å²) in [4.78, 5) is 4.34. The Morgan fingerprint density at radius 3 is 3.06 bits per heavy atom. The van der Waals surface area contributed by atoms with Crippen molar-refractivity contribution in [3.63, 3.8) is 0 Å². The van der Waals surface area contributed by atoms with Crippen molar-refractivity contribution in [1.29, 1.82) is 0 Å². The van der Waals surface area contributed by atoms with Gasteiger partial charge in [0.1, 0.15) is 0 Å². The minimum Gasteiger partial charge on any atom is -0.333 e. The maximum atomic E-state index is 13.6. The molecule has 1 unspecified atom stereocenters. The molecule has 1 atom stereocenters. The van der Waals surface area contributed by atoms with Gasteiger partial charge in [-0.25, -0.2) is 4.39 Å².